The first-order chi connectivity index (χ1) is 14.1. The highest BCUT2D eigenvalue weighted by molar-refractivity contribution is 5.92. The molecule has 1 saturated heterocycles. The standard InChI is InChI=1S/C21H27N5O3/c1-14-18-5-3-2-4-15(18)6-7-26(14)10-17(27)9-22-21(28)19-8-20(24-13-23-19)25-16-11-29-12-16/h2-5,8,13-14,16-17,27H,6-7,9-12H2,1H3,(H,22,28)(H,23,24,25)/t14?,17-/m0/s1. The van der Waals surface area contributed by atoms with Gasteiger partial charge in [-0.2, -0.15) is 0 Å². The lowest BCUT2D eigenvalue weighted by Gasteiger charge is -2.36. The maximum absolute atomic E-state index is 12.4. The average Bonchev–Trinajstić information content (AvgIpc) is 2.71. The number of nitrogens with one attached hydrogen (secondary N) is 2. The number of anilines is 1. The Morgan fingerprint density at radius 3 is 2.97 bits per heavy atom. The van der Waals surface area contributed by atoms with Gasteiger partial charge in [-0.15, -0.1) is 0 Å². The number of aliphatic hydroxyl groups is 1. The third-order valence-electron chi connectivity index (χ3n) is 5.55. The molecule has 0 radical (unpaired) electrons. The number of β-amino-alcohol motifs (C(OH)–C–C–N with tert-alkyl or cyclic N) is 1. The van der Waals surface area contributed by atoms with Crippen molar-refractivity contribution < 1.29 is 14.6 Å². The van der Waals surface area contributed by atoms with E-state index in [9.17, 15) is 9.90 Å². The van der Waals surface area contributed by atoms with Crippen molar-refractivity contribution in [1.82, 2.24) is 20.2 Å². The molecule has 2 atom stereocenters. The van der Waals surface area contributed by atoms with E-state index >= 15 is 0 Å². The van der Waals surface area contributed by atoms with Crippen LogP contribution in [0.5, 0.6) is 0 Å². The highest BCUT2D eigenvalue weighted by Crippen LogP contribution is 2.28. The Hall–Kier alpha value is -2.55. The Morgan fingerprint density at radius 2 is 2.17 bits per heavy atom. The molecule has 154 valence electrons. The molecular weight excluding hydrogens is 370 g/mol. The van der Waals surface area contributed by atoms with Gasteiger partial charge >= 0.3 is 0 Å². The quantitative estimate of drug-likeness (QED) is 0.641. The fraction of sp³-hybridized carbons (Fsp3) is 0.476. The summed E-state index contributed by atoms with van der Waals surface area (Å²) in [6.07, 6.45) is 1.68. The third-order valence-corrected chi connectivity index (χ3v) is 5.55. The van der Waals surface area contributed by atoms with Crippen LogP contribution in [0.25, 0.3) is 0 Å². The minimum absolute atomic E-state index is 0.174. The molecule has 1 unspecified atom stereocenters. The van der Waals surface area contributed by atoms with E-state index in [1.807, 2.05) is 0 Å². The van der Waals surface area contributed by atoms with Gasteiger partial charge in [0.25, 0.3) is 5.91 Å². The number of aliphatic hydroxyl groups excluding tert-OH is 1. The first-order valence-corrected chi connectivity index (χ1v) is 10.0. The van der Waals surface area contributed by atoms with E-state index < -0.39 is 6.10 Å². The number of amides is 1. The SMILES string of the molecule is CC1c2ccccc2CCN1C[C@@H](O)CNC(=O)c1cc(NC2COC2)ncn1. The first-order valence-electron chi connectivity index (χ1n) is 10.0. The van der Waals surface area contributed by atoms with Gasteiger partial charge < -0.3 is 20.5 Å². The van der Waals surface area contributed by atoms with E-state index in [0.29, 0.717) is 25.6 Å². The second kappa shape index (κ2) is 8.86. The molecule has 3 heterocycles. The van der Waals surface area contributed by atoms with Crippen LogP contribution in [0.1, 0.15) is 34.6 Å². The lowest BCUT2D eigenvalue weighted by molar-refractivity contribution is 0.0209. The normalized spacial score (nSPS) is 20.4. The van der Waals surface area contributed by atoms with Gasteiger partial charge in [0.05, 0.1) is 25.4 Å². The van der Waals surface area contributed by atoms with Crippen LogP contribution in [-0.4, -0.2) is 70.9 Å². The van der Waals surface area contributed by atoms with Gasteiger partial charge in [0.1, 0.15) is 17.8 Å². The Morgan fingerprint density at radius 1 is 1.34 bits per heavy atom. The minimum atomic E-state index is -0.654. The predicted octanol–water partition coefficient (Wildman–Crippen LogP) is 0.997. The lowest BCUT2D eigenvalue weighted by Crippen LogP contribution is -2.43. The zero-order chi connectivity index (χ0) is 20.2. The maximum Gasteiger partial charge on any atom is 0.270 e. The summed E-state index contributed by atoms with van der Waals surface area (Å²) in [5, 5.41) is 16.4. The molecule has 1 amide bonds. The molecule has 1 aromatic carbocycles. The molecule has 0 aliphatic carbocycles. The Labute approximate surface area is 170 Å². The van der Waals surface area contributed by atoms with Gasteiger partial charge in [0.2, 0.25) is 0 Å². The van der Waals surface area contributed by atoms with Gasteiger partial charge in [-0.05, 0) is 24.5 Å². The first kappa shape index (κ1) is 19.8. The lowest BCUT2D eigenvalue weighted by atomic mass is 9.93. The van der Waals surface area contributed by atoms with Crippen molar-refractivity contribution in [2.24, 2.45) is 0 Å². The Bertz CT molecular complexity index is 858. The number of carbonyl (C=O) groups is 1. The van der Waals surface area contributed by atoms with Crippen molar-refractivity contribution in [2.75, 3.05) is 38.2 Å². The number of ether oxygens (including phenoxy) is 1. The summed E-state index contributed by atoms with van der Waals surface area (Å²) in [4.78, 5) is 22.8. The number of benzene rings is 1. The van der Waals surface area contributed by atoms with E-state index in [0.717, 1.165) is 13.0 Å². The molecule has 2 aliphatic rings. The van der Waals surface area contributed by atoms with Gasteiger partial charge in [-0.25, -0.2) is 9.97 Å². The van der Waals surface area contributed by atoms with Crippen LogP contribution < -0.4 is 10.6 Å². The minimum Gasteiger partial charge on any atom is -0.390 e. The average molecular weight is 397 g/mol. The molecule has 1 fully saturated rings. The summed E-state index contributed by atoms with van der Waals surface area (Å²) in [7, 11) is 0. The van der Waals surface area contributed by atoms with Crippen LogP contribution >= 0.6 is 0 Å². The zero-order valence-corrected chi connectivity index (χ0v) is 16.5. The van der Waals surface area contributed by atoms with Gasteiger partial charge in [-0.3, -0.25) is 9.69 Å². The van der Waals surface area contributed by atoms with Crippen LogP contribution in [0.4, 0.5) is 5.82 Å². The van der Waals surface area contributed by atoms with Gasteiger partial charge in [-0.1, -0.05) is 24.3 Å². The Kier molecular flexibility index (Phi) is 6.03. The number of aromatic nitrogens is 2. The molecule has 8 nitrogen and oxygen atoms in total. The molecule has 29 heavy (non-hydrogen) atoms. The number of carbonyl (C=O) groups excluding carboxylic acids is 1. The monoisotopic (exact) mass is 397 g/mol. The molecule has 3 N–H and O–H groups in total. The van der Waals surface area contributed by atoms with Crippen LogP contribution in [0.3, 0.4) is 0 Å². The van der Waals surface area contributed by atoms with Crippen molar-refractivity contribution in [3.05, 3.63) is 53.5 Å². The van der Waals surface area contributed by atoms with Gasteiger partial charge in [0.15, 0.2) is 0 Å². The van der Waals surface area contributed by atoms with Crippen molar-refractivity contribution in [2.45, 2.75) is 31.5 Å². The molecule has 0 saturated carbocycles. The highest BCUT2D eigenvalue weighted by Gasteiger charge is 2.25. The summed E-state index contributed by atoms with van der Waals surface area (Å²) in [6, 6.07) is 10.5. The molecular formula is C21H27N5O3. The molecule has 2 aromatic rings. The number of nitrogens with zero attached hydrogens (tertiary/aromatic N) is 3. The number of fused-ring (bicyclic) bond motifs is 1. The third kappa shape index (κ3) is 4.72. The van der Waals surface area contributed by atoms with Crippen LogP contribution in [0, 0.1) is 0 Å². The molecule has 8 heteroatoms. The van der Waals surface area contributed by atoms with Crippen LogP contribution in [0.15, 0.2) is 36.7 Å². The summed E-state index contributed by atoms with van der Waals surface area (Å²) in [5.41, 5.74) is 2.96. The summed E-state index contributed by atoms with van der Waals surface area (Å²) in [5.74, 6) is 0.274. The van der Waals surface area contributed by atoms with Crippen molar-refractivity contribution in [1.29, 1.82) is 0 Å². The number of rotatable bonds is 7. The fourth-order valence-corrected chi connectivity index (χ4v) is 3.80. The van der Waals surface area contributed by atoms with Crippen molar-refractivity contribution in [3.8, 4) is 0 Å². The topological polar surface area (TPSA) is 99.6 Å². The maximum atomic E-state index is 12.4. The number of hydrogen-bond donors (Lipinski definition) is 3. The van der Waals surface area contributed by atoms with Crippen molar-refractivity contribution >= 4 is 11.7 Å². The molecule has 1 aromatic heterocycles. The van der Waals surface area contributed by atoms with Crippen molar-refractivity contribution in [3.63, 3.8) is 0 Å². The number of hydrogen-bond acceptors (Lipinski definition) is 7. The Balaban J connectivity index is 1.28. The van der Waals surface area contributed by atoms with E-state index in [1.165, 1.54) is 17.5 Å². The van der Waals surface area contributed by atoms with E-state index in [2.05, 4.69) is 56.7 Å². The largest absolute Gasteiger partial charge is 0.390 e. The smallest absolute Gasteiger partial charge is 0.270 e. The summed E-state index contributed by atoms with van der Waals surface area (Å²) >= 11 is 0. The summed E-state index contributed by atoms with van der Waals surface area (Å²) in [6.45, 7) is 5.01. The predicted molar refractivity (Wildman–Crippen MR) is 109 cm³/mol. The fourth-order valence-electron chi connectivity index (χ4n) is 3.80. The molecule has 2 aliphatic heterocycles. The van der Waals surface area contributed by atoms with E-state index in [1.54, 1.807) is 6.07 Å². The molecule has 0 bridgehead atoms. The van der Waals surface area contributed by atoms with E-state index in [4.69, 9.17) is 4.74 Å². The second-order valence-corrected chi connectivity index (χ2v) is 7.65. The molecule has 0 spiro atoms. The summed E-state index contributed by atoms with van der Waals surface area (Å²) < 4.78 is 5.12. The van der Waals surface area contributed by atoms with E-state index in [-0.39, 0.29) is 30.2 Å². The van der Waals surface area contributed by atoms with Crippen LogP contribution in [-0.2, 0) is 11.2 Å². The zero-order valence-electron chi connectivity index (χ0n) is 16.5. The van der Waals surface area contributed by atoms with Crippen LogP contribution in [0.2, 0.25) is 0 Å². The van der Waals surface area contributed by atoms with Gasteiger partial charge in [0, 0.05) is 31.7 Å². The molecule has 4 rings (SSSR count). The highest BCUT2D eigenvalue weighted by atomic mass is 16.5. The second-order valence-electron chi connectivity index (χ2n) is 7.65.